The van der Waals surface area contributed by atoms with E-state index in [-0.39, 0.29) is 5.91 Å². The quantitative estimate of drug-likeness (QED) is 0.738. The molecule has 27 heavy (non-hydrogen) atoms. The summed E-state index contributed by atoms with van der Waals surface area (Å²) < 4.78 is 0. The van der Waals surface area contributed by atoms with Crippen molar-refractivity contribution < 1.29 is 4.79 Å². The number of likely N-dealkylation sites (tertiary alicyclic amines) is 2. The summed E-state index contributed by atoms with van der Waals surface area (Å²) in [5, 5.41) is 0. The topological polar surface area (TPSA) is 30.0 Å². The van der Waals surface area contributed by atoms with Gasteiger partial charge >= 0.3 is 0 Å². The molecule has 0 aromatic carbocycles. The molecule has 5 nitrogen and oxygen atoms in total. The average Bonchev–Trinajstić information content (AvgIpc) is 2.69. The van der Waals surface area contributed by atoms with Gasteiger partial charge in [0.25, 0.3) is 0 Å². The molecule has 3 fully saturated rings. The summed E-state index contributed by atoms with van der Waals surface area (Å²) in [5.74, 6) is 1.07. The highest BCUT2D eigenvalue weighted by atomic mass is 16.2. The highest BCUT2D eigenvalue weighted by Gasteiger charge is 2.30. The monoisotopic (exact) mass is 376 g/mol. The Kier molecular flexibility index (Phi) is 7.59. The number of allylic oxidation sites excluding steroid dienone is 2. The standard InChI is InChI=1S/C22H40N4O/c1-4-6-19(2)24-15-13-23(14-16-24)17-21-7-5-10-26(18-21)22-8-11-25(12-9-22)20(3)27/h6,21-22H,4-5,7-18H2,1-3H3/b19-6-/t21-/m0/s1. The first-order chi connectivity index (χ1) is 13.1. The molecule has 0 aromatic rings. The lowest BCUT2D eigenvalue weighted by Gasteiger charge is -2.44. The lowest BCUT2D eigenvalue weighted by atomic mass is 9.93. The normalized spacial score (nSPS) is 27.2. The van der Waals surface area contributed by atoms with E-state index in [2.05, 4.69) is 34.6 Å². The number of carbonyl (C=O) groups excluding carboxylic acids is 1. The van der Waals surface area contributed by atoms with Gasteiger partial charge in [-0.05, 0) is 51.5 Å². The fourth-order valence-electron chi connectivity index (χ4n) is 5.20. The Bertz CT molecular complexity index is 504. The average molecular weight is 377 g/mol. The molecular formula is C22H40N4O. The number of piperazine rings is 1. The molecule has 1 amide bonds. The molecule has 154 valence electrons. The first kappa shape index (κ1) is 20.7. The number of carbonyl (C=O) groups is 1. The van der Waals surface area contributed by atoms with Gasteiger partial charge in [0.2, 0.25) is 5.91 Å². The van der Waals surface area contributed by atoms with Crippen LogP contribution < -0.4 is 0 Å². The van der Waals surface area contributed by atoms with Crippen LogP contribution >= 0.6 is 0 Å². The maximum atomic E-state index is 11.6. The Labute approximate surface area is 166 Å². The third-order valence-electron chi connectivity index (χ3n) is 6.86. The molecule has 0 saturated carbocycles. The Morgan fingerprint density at radius 2 is 1.63 bits per heavy atom. The van der Waals surface area contributed by atoms with Crippen LogP contribution in [0, 0.1) is 5.92 Å². The van der Waals surface area contributed by atoms with Crippen LogP contribution in [0.2, 0.25) is 0 Å². The van der Waals surface area contributed by atoms with Crippen molar-refractivity contribution in [2.75, 3.05) is 58.9 Å². The largest absolute Gasteiger partial charge is 0.373 e. The minimum absolute atomic E-state index is 0.244. The summed E-state index contributed by atoms with van der Waals surface area (Å²) in [6.45, 7) is 16.7. The van der Waals surface area contributed by atoms with Crippen molar-refractivity contribution in [2.45, 2.75) is 58.9 Å². The van der Waals surface area contributed by atoms with E-state index in [9.17, 15) is 4.79 Å². The summed E-state index contributed by atoms with van der Waals surface area (Å²) in [6.07, 6.45) is 8.54. The molecule has 0 N–H and O–H groups in total. The van der Waals surface area contributed by atoms with Gasteiger partial charge in [-0.15, -0.1) is 0 Å². The summed E-state index contributed by atoms with van der Waals surface area (Å²) in [5.41, 5.74) is 1.46. The van der Waals surface area contributed by atoms with Crippen LogP contribution in [0.5, 0.6) is 0 Å². The number of amides is 1. The predicted molar refractivity (Wildman–Crippen MR) is 112 cm³/mol. The van der Waals surface area contributed by atoms with Crippen molar-refractivity contribution in [1.29, 1.82) is 0 Å². The molecular weight excluding hydrogens is 336 g/mol. The number of piperidine rings is 2. The van der Waals surface area contributed by atoms with Crippen LogP contribution in [-0.4, -0.2) is 90.5 Å². The van der Waals surface area contributed by atoms with Crippen LogP contribution in [0.15, 0.2) is 11.8 Å². The minimum atomic E-state index is 0.244. The Morgan fingerprint density at radius 1 is 0.926 bits per heavy atom. The third kappa shape index (κ3) is 5.71. The van der Waals surface area contributed by atoms with E-state index in [1.54, 1.807) is 6.92 Å². The zero-order chi connectivity index (χ0) is 19.2. The van der Waals surface area contributed by atoms with Crippen molar-refractivity contribution in [3.8, 4) is 0 Å². The van der Waals surface area contributed by atoms with Gasteiger partial charge in [0.1, 0.15) is 0 Å². The van der Waals surface area contributed by atoms with E-state index in [4.69, 9.17) is 0 Å². The molecule has 3 saturated heterocycles. The van der Waals surface area contributed by atoms with Gasteiger partial charge in [-0.3, -0.25) is 14.6 Å². The summed E-state index contributed by atoms with van der Waals surface area (Å²) in [6, 6.07) is 0.696. The summed E-state index contributed by atoms with van der Waals surface area (Å²) in [7, 11) is 0. The SMILES string of the molecule is CC/C=C(/C)N1CCN(C[C@@H]2CCCN(C3CCN(C(C)=O)CC3)C2)CC1. The van der Waals surface area contributed by atoms with Crippen molar-refractivity contribution in [3.63, 3.8) is 0 Å². The van der Waals surface area contributed by atoms with E-state index < -0.39 is 0 Å². The van der Waals surface area contributed by atoms with Crippen LogP contribution in [0.1, 0.15) is 52.9 Å². The Balaban J connectivity index is 1.42. The van der Waals surface area contributed by atoms with Crippen LogP contribution in [-0.2, 0) is 4.79 Å². The van der Waals surface area contributed by atoms with Gasteiger partial charge in [-0.1, -0.05) is 13.0 Å². The molecule has 5 heteroatoms. The number of hydrogen-bond donors (Lipinski definition) is 0. The zero-order valence-corrected chi connectivity index (χ0v) is 17.8. The van der Waals surface area contributed by atoms with Gasteiger partial charge < -0.3 is 9.80 Å². The molecule has 0 bridgehead atoms. The fraction of sp³-hybridized carbons (Fsp3) is 0.864. The highest BCUT2D eigenvalue weighted by molar-refractivity contribution is 5.73. The second kappa shape index (κ2) is 9.92. The van der Waals surface area contributed by atoms with E-state index in [1.165, 1.54) is 64.4 Å². The minimum Gasteiger partial charge on any atom is -0.373 e. The molecule has 3 aliphatic heterocycles. The lowest BCUT2D eigenvalue weighted by Crippen LogP contribution is -2.52. The molecule has 1 atom stereocenters. The fourth-order valence-corrected chi connectivity index (χ4v) is 5.20. The molecule has 0 spiro atoms. The molecule has 0 aromatic heterocycles. The smallest absolute Gasteiger partial charge is 0.219 e. The van der Waals surface area contributed by atoms with E-state index in [0.717, 1.165) is 38.3 Å². The van der Waals surface area contributed by atoms with Crippen molar-refractivity contribution in [1.82, 2.24) is 19.6 Å². The third-order valence-corrected chi connectivity index (χ3v) is 6.86. The van der Waals surface area contributed by atoms with Crippen molar-refractivity contribution in [2.24, 2.45) is 5.92 Å². The highest BCUT2D eigenvalue weighted by Crippen LogP contribution is 2.25. The summed E-state index contributed by atoms with van der Waals surface area (Å²) in [4.78, 5) is 21.6. The first-order valence-electron chi connectivity index (χ1n) is 11.2. The maximum Gasteiger partial charge on any atom is 0.219 e. The number of nitrogens with zero attached hydrogens (tertiary/aromatic N) is 4. The lowest BCUT2D eigenvalue weighted by molar-refractivity contribution is -0.130. The van der Waals surface area contributed by atoms with E-state index >= 15 is 0 Å². The molecule has 0 radical (unpaired) electrons. The van der Waals surface area contributed by atoms with Gasteiger partial charge in [-0.25, -0.2) is 0 Å². The molecule has 3 aliphatic rings. The van der Waals surface area contributed by atoms with Crippen molar-refractivity contribution >= 4 is 5.91 Å². The number of rotatable bonds is 5. The van der Waals surface area contributed by atoms with E-state index in [1.807, 2.05) is 4.90 Å². The molecule has 0 unspecified atom stereocenters. The van der Waals surface area contributed by atoms with Gasteiger partial charge in [0.15, 0.2) is 0 Å². The maximum absolute atomic E-state index is 11.6. The van der Waals surface area contributed by atoms with Crippen molar-refractivity contribution in [3.05, 3.63) is 11.8 Å². The van der Waals surface area contributed by atoms with Crippen LogP contribution in [0.3, 0.4) is 0 Å². The van der Waals surface area contributed by atoms with Crippen LogP contribution in [0.25, 0.3) is 0 Å². The predicted octanol–water partition coefficient (Wildman–Crippen LogP) is 2.64. The number of hydrogen-bond acceptors (Lipinski definition) is 4. The molecule has 0 aliphatic carbocycles. The van der Waals surface area contributed by atoms with E-state index in [0.29, 0.717) is 6.04 Å². The second-order valence-corrected chi connectivity index (χ2v) is 8.78. The first-order valence-corrected chi connectivity index (χ1v) is 11.2. The van der Waals surface area contributed by atoms with Gasteiger partial charge in [-0.2, -0.15) is 0 Å². The Morgan fingerprint density at radius 3 is 2.26 bits per heavy atom. The van der Waals surface area contributed by atoms with Crippen LogP contribution in [0.4, 0.5) is 0 Å². The zero-order valence-electron chi connectivity index (χ0n) is 17.8. The second-order valence-electron chi connectivity index (χ2n) is 8.78. The Hall–Kier alpha value is -1.07. The molecule has 3 rings (SSSR count). The van der Waals surface area contributed by atoms with Gasteiger partial charge in [0.05, 0.1) is 0 Å². The van der Waals surface area contributed by atoms with Gasteiger partial charge in [0, 0.05) is 71.0 Å². The summed E-state index contributed by atoms with van der Waals surface area (Å²) >= 11 is 0. The molecule has 3 heterocycles.